The number of nitrogens with zero attached hydrogens (tertiary/aromatic N) is 4. The summed E-state index contributed by atoms with van der Waals surface area (Å²) in [5.74, 6) is -2.66. The van der Waals surface area contributed by atoms with Gasteiger partial charge >= 0.3 is 11.9 Å². The van der Waals surface area contributed by atoms with E-state index in [-0.39, 0.29) is 0 Å². The first-order chi connectivity index (χ1) is 31.8. The van der Waals surface area contributed by atoms with Crippen LogP contribution in [-0.4, -0.2) is 22.2 Å². The van der Waals surface area contributed by atoms with E-state index in [0.29, 0.717) is 11.1 Å². The van der Waals surface area contributed by atoms with Gasteiger partial charge in [-0.1, -0.05) is 109 Å². The SMILES string of the molecule is N#C/C(=C/c1ccc2c(c1)C1(c3cc(/C=C(\C#N)C(=O)O)ccc3-c3ccc(N(c4ccccc4)c4ccccc4)cc31)c1cc(N(c3ccccc3)c3ccccc3)ccc1-2)C(=O)O. The normalized spacial score (nSPS) is 14.3. The number of carbonyl (C=O) groups is 2. The van der Waals surface area contributed by atoms with Crippen molar-refractivity contribution in [2.24, 2.45) is 0 Å². The number of benzene rings is 8. The zero-order valence-electron chi connectivity index (χ0n) is 34.6. The molecular formula is C57H36N4O4. The molecule has 0 aliphatic heterocycles. The van der Waals surface area contributed by atoms with Crippen LogP contribution < -0.4 is 9.80 Å². The third kappa shape index (κ3) is 6.71. The first kappa shape index (κ1) is 39.9. The average molecular weight is 841 g/mol. The molecule has 1 atom stereocenters. The number of para-hydroxylation sites is 4. The van der Waals surface area contributed by atoms with Gasteiger partial charge in [0.2, 0.25) is 0 Å². The van der Waals surface area contributed by atoms with E-state index in [1.807, 2.05) is 121 Å². The molecular weight excluding hydrogens is 805 g/mol. The summed E-state index contributed by atoms with van der Waals surface area (Å²) >= 11 is 0. The molecule has 65 heavy (non-hydrogen) atoms. The van der Waals surface area contributed by atoms with Gasteiger partial charge in [-0.15, -0.1) is 0 Å². The molecule has 308 valence electrons. The summed E-state index contributed by atoms with van der Waals surface area (Å²) in [5.41, 5.74) is 12.1. The Morgan fingerprint density at radius 2 is 0.692 bits per heavy atom. The van der Waals surface area contributed by atoms with E-state index in [1.54, 1.807) is 0 Å². The average Bonchev–Trinajstić information content (AvgIpc) is 3.79. The Morgan fingerprint density at radius 1 is 0.400 bits per heavy atom. The van der Waals surface area contributed by atoms with Crippen molar-refractivity contribution in [3.63, 3.8) is 0 Å². The number of rotatable bonds is 10. The number of fused-ring (bicyclic) bond motifs is 10. The monoisotopic (exact) mass is 840 g/mol. The molecule has 0 saturated carbocycles. The Morgan fingerprint density at radius 3 is 0.985 bits per heavy atom. The van der Waals surface area contributed by atoms with Crippen molar-refractivity contribution < 1.29 is 19.8 Å². The smallest absolute Gasteiger partial charge is 0.346 e. The van der Waals surface area contributed by atoms with Gasteiger partial charge in [0.25, 0.3) is 0 Å². The van der Waals surface area contributed by atoms with Crippen molar-refractivity contribution in [1.82, 2.24) is 0 Å². The fourth-order valence-electron chi connectivity index (χ4n) is 9.52. The lowest BCUT2D eigenvalue weighted by atomic mass is 9.70. The first-order valence-electron chi connectivity index (χ1n) is 20.9. The summed E-state index contributed by atoms with van der Waals surface area (Å²) in [5, 5.41) is 39.7. The first-order valence-corrected chi connectivity index (χ1v) is 20.9. The molecule has 10 rings (SSSR count). The summed E-state index contributed by atoms with van der Waals surface area (Å²) < 4.78 is 0. The van der Waals surface area contributed by atoms with Crippen molar-refractivity contribution in [2.45, 2.75) is 5.41 Å². The lowest BCUT2D eigenvalue weighted by molar-refractivity contribution is -0.133. The number of hydrogen-bond donors (Lipinski definition) is 2. The van der Waals surface area contributed by atoms with Gasteiger partial charge in [-0.3, -0.25) is 0 Å². The zero-order chi connectivity index (χ0) is 44.7. The van der Waals surface area contributed by atoms with Crippen LogP contribution in [0, 0.1) is 22.7 Å². The molecule has 0 saturated heterocycles. The highest BCUT2D eigenvalue weighted by atomic mass is 16.4. The summed E-state index contributed by atoms with van der Waals surface area (Å²) in [7, 11) is 0. The van der Waals surface area contributed by atoms with Crippen molar-refractivity contribution in [2.75, 3.05) is 9.80 Å². The van der Waals surface area contributed by atoms with E-state index >= 15 is 0 Å². The van der Waals surface area contributed by atoms with E-state index < -0.39 is 28.5 Å². The van der Waals surface area contributed by atoms with Crippen LogP contribution in [0.15, 0.2) is 205 Å². The van der Waals surface area contributed by atoms with Crippen LogP contribution in [0.25, 0.3) is 34.4 Å². The molecule has 0 bridgehead atoms. The standard InChI is InChI=1S/C57H36N4O4/c58-35-39(55(62)63)29-37-21-25-47-49-27-23-45(60(41-13-5-1-6-14-41)42-15-7-2-8-16-42)33-53(49)57(51(47)31-37)52-32-38(30-40(36-59)56(64)65)22-26-48(52)50-28-24-46(34-54(50)57)61(43-17-9-3-10-18-43)44-19-11-4-12-20-44/h1-34H,(H,62,63)(H,64,65)/b39-29-,40-30+. The molecule has 1 unspecified atom stereocenters. The highest BCUT2D eigenvalue weighted by Gasteiger charge is 2.52. The van der Waals surface area contributed by atoms with Crippen LogP contribution in [0.4, 0.5) is 34.1 Å². The molecule has 2 aliphatic rings. The summed E-state index contributed by atoms with van der Waals surface area (Å²) in [6.45, 7) is 0. The van der Waals surface area contributed by atoms with Gasteiger partial charge in [0.05, 0.1) is 5.41 Å². The van der Waals surface area contributed by atoms with Crippen molar-refractivity contribution in [1.29, 1.82) is 10.5 Å². The van der Waals surface area contributed by atoms with Crippen LogP contribution in [0.1, 0.15) is 33.4 Å². The predicted molar refractivity (Wildman–Crippen MR) is 255 cm³/mol. The minimum absolute atomic E-state index is 0.404. The summed E-state index contributed by atoms with van der Waals surface area (Å²) in [6, 6.07) is 68.8. The van der Waals surface area contributed by atoms with E-state index in [9.17, 15) is 30.3 Å². The molecule has 0 fully saturated rings. The van der Waals surface area contributed by atoms with Crippen molar-refractivity contribution >= 4 is 58.2 Å². The Hall–Kier alpha value is -9.24. The lowest BCUT2D eigenvalue weighted by Gasteiger charge is -2.33. The minimum atomic E-state index is -1.33. The van der Waals surface area contributed by atoms with Crippen LogP contribution >= 0.6 is 0 Å². The molecule has 1 spiro atoms. The third-order valence-electron chi connectivity index (χ3n) is 12.2. The van der Waals surface area contributed by atoms with Crippen molar-refractivity contribution in [3.05, 3.63) is 239 Å². The van der Waals surface area contributed by atoms with Gasteiger partial charge in [-0.2, -0.15) is 10.5 Å². The van der Waals surface area contributed by atoms with E-state index in [2.05, 4.69) is 94.7 Å². The Kier molecular flexibility index (Phi) is 9.95. The molecule has 2 aliphatic carbocycles. The molecule has 0 heterocycles. The number of nitriles is 2. The Balaban J connectivity index is 1.33. The van der Waals surface area contributed by atoms with Crippen LogP contribution in [0.2, 0.25) is 0 Å². The molecule has 0 aromatic heterocycles. The van der Waals surface area contributed by atoms with Crippen LogP contribution in [0.5, 0.6) is 0 Å². The number of anilines is 6. The van der Waals surface area contributed by atoms with E-state index in [1.165, 1.54) is 12.2 Å². The number of carboxylic acid groups (broad SMARTS) is 2. The second kappa shape index (κ2) is 16.2. The van der Waals surface area contributed by atoms with Gasteiger partial charge < -0.3 is 20.0 Å². The Bertz CT molecular complexity index is 3050. The highest BCUT2D eigenvalue weighted by molar-refractivity contribution is 6.01. The minimum Gasteiger partial charge on any atom is -0.477 e. The second-order valence-corrected chi connectivity index (χ2v) is 15.8. The maximum absolute atomic E-state index is 12.2. The highest BCUT2D eigenvalue weighted by Crippen LogP contribution is 2.64. The topological polar surface area (TPSA) is 129 Å². The molecule has 8 aromatic carbocycles. The summed E-state index contributed by atoms with van der Waals surface area (Å²) in [4.78, 5) is 28.9. The van der Waals surface area contributed by atoms with Gasteiger partial charge in [-0.05, 0) is 153 Å². The maximum Gasteiger partial charge on any atom is 0.346 e. The maximum atomic E-state index is 12.2. The van der Waals surface area contributed by atoms with E-state index in [4.69, 9.17) is 0 Å². The van der Waals surface area contributed by atoms with Crippen LogP contribution in [-0.2, 0) is 15.0 Å². The van der Waals surface area contributed by atoms with Crippen molar-refractivity contribution in [3.8, 4) is 34.4 Å². The number of carboxylic acids is 2. The molecule has 8 aromatic rings. The molecule has 2 N–H and O–H groups in total. The van der Waals surface area contributed by atoms with Gasteiger partial charge in [0, 0.05) is 34.1 Å². The van der Waals surface area contributed by atoms with E-state index in [0.717, 1.165) is 78.6 Å². The van der Waals surface area contributed by atoms with Crippen LogP contribution in [0.3, 0.4) is 0 Å². The third-order valence-corrected chi connectivity index (χ3v) is 12.2. The largest absolute Gasteiger partial charge is 0.477 e. The Labute approximate surface area is 375 Å². The number of hydrogen-bond acceptors (Lipinski definition) is 6. The fourth-order valence-corrected chi connectivity index (χ4v) is 9.52. The number of aliphatic carboxylic acids is 2. The fraction of sp³-hybridized carbons (Fsp3) is 0.0175. The quantitative estimate of drug-likeness (QED) is 0.103. The zero-order valence-corrected chi connectivity index (χ0v) is 34.6. The second-order valence-electron chi connectivity index (χ2n) is 15.8. The molecule has 0 radical (unpaired) electrons. The van der Waals surface area contributed by atoms with Gasteiger partial charge in [-0.25, -0.2) is 9.59 Å². The van der Waals surface area contributed by atoms with Gasteiger partial charge in [0.1, 0.15) is 23.3 Å². The van der Waals surface area contributed by atoms with Gasteiger partial charge in [0.15, 0.2) is 0 Å². The summed E-state index contributed by atoms with van der Waals surface area (Å²) in [6.07, 6.45) is 2.78. The predicted octanol–water partition coefficient (Wildman–Crippen LogP) is 13.0. The molecule has 8 nitrogen and oxygen atoms in total. The molecule has 0 amide bonds. The lowest BCUT2D eigenvalue weighted by Crippen LogP contribution is -2.27. The molecule has 8 heteroatoms.